The topological polar surface area (TPSA) is 23.5 Å². The van der Waals surface area contributed by atoms with Gasteiger partial charge in [-0.25, -0.2) is 0 Å². The van der Waals surface area contributed by atoms with Gasteiger partial charge in [-0.05, 0) is 11.4 Å². The van der Waals surface area contributed by atoms with Gasteiger partial charge in [0.05, 0.1) is 0 Å². The minimum Gasteiger partial charge on any atom is -0.384 e. The molecule has 0 atom stereocenters. The summed E-state index contributed by atoms with van der Waals surface area (Å²) in [4.78, 5) is 3.81. The highest BCUT2D eigenvalue weighted by atomic mass is 32.2. The molecule has 0 bridgehead atoms. The van der Waals surface area contributed by atoms with Gasteiger partial charge in [0.25, 0.3) is 0 Å². The number of hydrogen-bond acceptors (Lipinski definition) is 4. The fourth-order valence-corrected chi connectivity index (χ4v) is 3.52. The molecule has 2 nitrogen and oxygen atoms in total. The van der Waals surface area contributed by atoms with Crippen LogP contribution in [-0.4, -0.2) is 41.2 Å². The van der Waals surface area contributed by atoms with E-state index in [0.29, 0.717) is 0 Å². The first kappa shape index (κ1) is 12.0. The van der Waals surface area contributed by atoms with Gasteiger partial charge in [-0.3, -0.25) is 4.90 Å². The highest BCUT2D eigenvalue weighted by Gasteiger charge is 2.12. The molecule has 2 rings (SSSR count). The maximum Gasteiger partial charge on any atom is 0.104 e. The summed E-state index contributed by atoms with van der Waals surface area (Å²) >= 11 is 3.79. The number of rotatable bonds is 2. The molecule has 1 N–H and O–H groups in total. The summed E-state index contributed by atoms with van der Waals surface area (Å²) in [6, 6.07) is 2.04. The Bertz CT molecular complexity index is 385. The van der Waals surface area contributed by atoms with Gasteiger partial charge in [0, 0.05) is 41.6 Å². The fraction of sp³-hybridized carbons (Fsp3) is 0.500. The zero-order valence-corrected chi connectivity index (χ0v) is 10.7. The van der Waals surface area contributed by atoms with Gasteiger partial charge in [0.1, 0.15) is 6.61 Å². The lowest BCUT2D eigenvalue weighted by Crippen LogP contribution is -2.31. The maximum atomic E-state index is 8.69. The van der Waals surface area contributed by atoms with Gasteiger partial charge >= 0.3 is 0 Å². The Kier molecular flexibility index (Phi) is 4.73. The minimum atomic E-state index is -0.0599. The first-order valence-electron chi connectivity index (χ1n) is 5.36. The molecule has 4 heteroatoms. The van der Waals surface area contributed by atoms with Crippen LogP contribution in [0.4, 0.5) is 0 Å². The summed E-state index contributed by atoms with van der Waals surface area (Å²) in [6.07, 6.45) is 0. The number of aliphatic hydroxyl groups is 1. The van der Waals surface area contributed by atoms with Crippen LogP contribution in [0.25, 0.3) is 0 Å². The van der Waals surface area contributed by atoms with Crippen LogP contribution in [0.15, 0.2) is 11.4 Å². The van der Waals surface area contributed by atoms with E-state index in [0.717, 1.165) is 12.1 Å². The summed E-state index contributed by atoms with van der Waals surface area (Å²) in [7, 11) is 0. The van der Waals surface area contributed by atoms with Crippen molar-refractivity contribution in [2.45, 2.75) is 6.54 Å². The highest BCUT2D eigenvalue weighted by Crippen LogP contribution is 2.20. The van der Waals surface area contributed by atoms with E-state index in [1.165, 1.54) is 29.5 Å². The standard InChI is InChI=1S/C12H15NOS2/c14-6-1-2-11-3-7-16-12(11)10-13-4-8-15-9-5-13/h3,7,14H,4-6,8-10H2. The predicted octanol–water partition coefficient (Wildman–Crippen LogP) is 1.64. The Morgan fingerprint density at radius 2 is 2.19 bits per heavy atom. The first-order valence-corrected chi connectivity index (χ1v) is 7.40. The van der Waals surface area contributed by atoms with E-state index < -0.39 is 0 Å². The number of hydrogen-bond donors (Lipinski definition) is 1. The molecule has 1 aliphatic rings. The van der Waals surface area contributed by atoms with Gasteiger partial charge < -0.3 is 5.11 Å². The van der Waals surface area contributed by atoms with Gasteiger partial charge in [0.2, 0.25) is 0 Å². The molecule has 0 radical (unpaired) electrons. The molecule has 1 fully saturated rings. The van der Waals surface area contributed by atoms with E-state index in [9.17, 15) is 0 Å². The SMILES string of the molecule is OCC#Cc1ccsc1CN1CCSCC1. The first-order chi connectivity index (χ1) is 7.90. The second kappa shape index (κ2) is 6.31. The van der Waals surface area contributed by atoms with Crippen molar-refractivity contribution >= 4 is 23.1 Å². The van der Waals surface area contributed by atoms with Gasteiger partial charge in [-0.15, -0.1) is 11.3 Å². The van der Waals surface area contributed by atoms with Crippen LogP contribution < -0.4 is 0 Å². The molecular weight excluding hydrogens is 238 g/mol. The Balaban J connectivity index is 2.00. The molecule has 1 aromatic rings. The average Bonchev–Trinajstić information content (AvgIpc) is 2.75. The number of thiophene rings is 1. The van der Waals surface area contributed by atoms with Crippen molar-refractivity contribution in [1.29, 1.82) is 0 Å². The molecule has 1 aliphatic heterocycles. The number of aliphatic hydroxyl groups excluding tert-OH is 1. The van der Waals surface area contributed by atoms with Gasteiger partial charge in [0.15, 0.2) is 0 Å². The largest absolute Gasteiger partial charge is 0.384 e. The van der Waals surface area contributed by atoms with Crippen LogP contribution in [0.1, 0.15) is 10.4 Å². The number of nitrogens with zero attached hydrogens (tertiary/aromatic N) is 1. The fourth-order valence-electron chi connectivity index (χ4n) is 1.67. The summed E-state index contributed by atoms with van der Waals surface area (Å²) < 4.78 is 0. The molecule has 0 amide bonds. The minimum absolute atomic E-state index is 0.0599. The normalized spacial score (nSPS) is 16.8. The van der Waals surface area contributed by atoms with Crippen LogP contribution in [0.5, 0.6) is 0 Å². The molecule has 2 heterocycles. The molecule has 16 heavy (non-hydrogen) atoms. The Morgan fingerprint density at radius 3 is 2.94 bits per heavy atom. The van der Waals surface area contributed by atoms with Crippen molar-refractivity contribution in [3.63, 3.8) is 0 Å². The van der Waals surface area contributed by atoms with Crippen molar-refractivity contribution in [3.05, 3.63) is 21.9 Å². The molecular formula is C12H15NOS2. The Labute approximate surface area is 105 Å². The Hall–Kier alpha value is -0.470. The smallest absolute Gasteiger partial charge is 0.104 e. The molecule has 0 aliphatic carbocycles. The lowest BCUT2D eigenvalue weighted by Gasteiger charge is -2.25. The molecule has 0 aromatic carbocycles. The van der Waals surface area contributed by atoms with E-state index in [-0.39, 0.29) is 6.61 Å². The molecule has 1 aromatic heterocycles. The second-order valence-corrected chi connectivity index (χ2v) is 5.83. The predicted molar refractivity (Wildman–Crippen MR) is 70.9 cm³/mol. The van der Waals surface area contributed by atoms with Crippen LogP contribution in [-0.2, 0) is 6.54 Å². The summed E-state index contributed by atoms with van der Waals surface area (Å²) in [5, 5.41) is 10.8. The van der Waals surface area contributed by atoms with Crippen LogP contribution in [0.3, 0.4) is 0 Å². The summed E-state index contributed by atoms with van der Waals surface area (Å²) in [5.41, 5.74) is 1.08. The third-order valence-electron chi connectivity index (χ3n) is 2.52. The molecule has 0 unspecified atom stereocenters. The van der Waals surface area contributed by atoms with E-state index in [1.807, 2.05) is 17.8 Å². The zero-order chi connectivity index (χ0) is 11.2. The van der Waals surface area contributed by atoms with Crippen molar-refractivity contribution in [2.24, 2.45) is 0 Å². The van der Waals surface area contributed by atoms with E-state index in [4.69, 9.17) is 5.11 Å². The van der Waals surface area contributed by atoms with Gasteiger partial charge in [-0.2, -0.15) is 11.8 Å². The van der Waals surface area contributed by atoms with Crippen molar-refractivity contribution in [2.75, 3.05) is 31.2 Å². The lowest BCUT2D eigenvalue weighted by atomic mass is 10.2. The van der Waals surface area contributed by atoms with Crippen molar-refractivity contribution < 1.29 is 5.11 Å². The van der Waals surface area contributed by atoms with Crippen molar-refractivity contribution in [1.82, 2.24) is 4.90 Å². The van der Waals surface area contributed by atoms with Crippen LogP contribution >= 0.6 is 23.1 Å². The van der Waals surface area contributed by atoms with E-state index in [2.05, 4.69) is 22.1 Å². The third kappa shape index (κ3) is 3.26. The van der Waals surface area contributed by atoms with Crippen molar-refractivity contribution in [3.8, 4) is 11.8 Å². The van der Waals surface area contributed by atoms with Gasteiger partial charge in [-0.1, -0.05) is 11.8 Å². The molecule has 0 spiro atoms. The van der Waals surface area contributed by atoms with E-state index >= 15 is 0 Å². The monoisotopic (exact) mass is 253 g/mol. The lowest BCUT2D eigenvalue weighted by molar-refractivity contribution is 0.297. The second-order valence-electron chi connectivity index (χ2n) is 3.61. The number of thioether (sulfide) groups is 1. The summed E-state index contributed by atoms with van der Waals surface area (Å²) in [5.74, 6) is 8.21. The zero-order valence-electron chi connectivity index (χ0n) is 9.11. The van der Waals surface area contributed by atoms with E-state index in [1.54, 1.807) is 11.3 Å². The molecule has 0 saturated carbocycles. The summed E-state index contributed by atoms with van der Waals surface area (Å²) in [6.45, 7) is 3.30. The third-order valence-corrected chi connectivity index (χ3v) is 4.37. The van der Waals surface area contributed by atoms with Crippen LogP contribution in [0.2, 0.25) is 0 Å². The van der Waals surface area contributed by atoms with Crippen LogP contribution in [0, 0.1) is 11.8 Å². The quantitative estimate of drug-likeness (QED) is 0.811. The molecule has 86 valence electrons. The average molecular weight is 253 g/mol. The Morgan fingerprint density at radius 1 is 1.38 bits per heavy atom. The molecule has 1 saturated heterocycles. The maximum absolute atomic E-state index is 8.69. The highest BCUT2D eigenvalue weighted by molar-refractivity contribution is 7.99.